The topological polar surface area (TPSA) is 76.7 Å². The molecule has 1 saturated heterocycles. The van der Waals surface area contributed by atoms with Gasteiger partial charge in [0.25, 0.3) is 5.91 Å². The van der Waals surface area contributed by atoms with Gasteiger partial charge in [-0.2, -0.15) is 0 Å². The van der Waals surface area contributed by atoms with E-state index in [1.54, 1.807) is 7.11 Å². The highest BCUT2D eigenvalue weighted by atomic mass is 35.5. The molecule has 0 aromatic heterocycles. The molecule has 2 N–H and O–H groups in total. The number of hydrogen-bond acceptors (Lipinski definition) is 5. The van der Waals surface area contributed by atoms with Crippen LogP contribution in [0.2, 0.25) is 0 Å². The molecule has 0 saturated carbocycles. The zero-order chi connectivity index (χ0) is 12.7. The van der Waals surface area contributed by atoms with Crippen molar-refractivity contribution in [2.45, 2.75) is 24.9 Å². The Morgan fingerprint density at radius 3 is 2.39 bits per heavy atom. The zero-order valence-electron chi connectivity index (χ0n) is 10.8. The van der Waals surface area contributed by atoms with Gasteiger partial charge in [0, 0.05) is 13.7 Å². The molecule has 1 aliphatic heterocycles. The molecule has 7 heteroatoms. The van der Waals surface area contributed by atoms with Gasteiger partial charge in [-0.05, 0) is 25.9 Å². The summed E-state index contributed by atoms with van der Waals surface area (Å²) in [5, 5.41) is 5.89. The third-order valence-corrected chi connectivity index (χ3v) is 3.06. The Morgan fingerprint density at radius 1 is 1.28 bits per heavy atom. The third kappa shape index (κ3) is 4.44. The fourth-order valence-corrected chi connectivity index (χ4v) is 1.90. The van der Waals surface area contributed by atoms with Crippen molar-refractivity contribution in [2.24, 2.45) is 0 Å². The van der Waals surface area contributed by atoms with Gasteiger partial charge in [0.05, 0.1) is 13.5 Å². The molecule has 1 amide bonds. The fourth-order valence-electron chi connectivity index (χ4n) is 1.90. The summed E-state index contributed by atoms with van der Waals surface area (Å²) in [6.07, 6.45) is 1.47. The van der Waals surface area contributed by atoms with Crippen LogP contribution in [0.5, 0.6) is 0 Å². The third-order valence-electron chi connectivity index (χ3n) is 3.06. The molecule has 0 radical (unpaired) electrons. The van der Waals surface area contributed by atoms with E-state index in [2.05, 4.69) is 15.4 Å². The number of piperidine rings is 1. The second-order valence-corrected chi connectivity index (χ2v) is 4.03. The van der Waals surface area contributed by atoms with Crippen LogP contribution in [0.1, 0.15) is 19.3 Å². The summed E-state index contributed by atoms with van der Waals surface area (Å²) in [4.78, 5) is 22.9. The molecule has 1 rings (SSSR count). The van der Waals surface area contributed by atoms with Gasteiger partial charge in [-0.1, -0.05) is 0 Å². The van der Waals surface area contributed by atoms with Crippen LogP contribution in [-0.2, 0) is 19.1 Å². The van der Waals surface area contributed by atoms with Crippen LogP contribution in [-0.4, -0.2) is 51.3 Å². The largest absolute Gasteiger partial charge is 0.469 e. The van der Waals surface area contributed by atoms with Crippen LogP contribution in [0.4, 0.5) is 0 Å². The Kier molecular flexibility index (Phi) is 7.90. The fraction of sp³-hybridized carbons (Fsp3) is 0.818. The van der Waals surface area contributed by atoms with Crippen molar-refractivity contribution < 1.29 is 19.1 Å². The van der Waals surface area contributed by atoms with Crippen LogP contribution in [0.25, 0.3) is 0 Å². The summed E-state index contributed by atoms with van der Waals surface area (Å²) >= 11 is 0. The van der Waals surface area contributed by atoms with Crippen LogP contribution < -0.4 is 10.6 Å². The van der Waals surface area contributed by atoms with Crippen LogP contribution in [0.15, 0.2) is 0 Å². The van der Waals surface area contributed by atoms with Crippen molar-refractivity contribution in [1.29, 1.82) is 0 Å². The Bertz CT molecular complexity index is 280. The number of nitrogens with one attached hydrogen (secondary N) is 2. The lowest BCUT2D eigenvalue weighted by Gasteiger charge is -2.34. The van der Waals surface area contributed by atoms with Crippen LogP contribution in [0, 0.1) is 0 Å². The molecule has 6 nitrogen and oxygen atoms in total. The molecule has 0 aromatic rings. The smallest absolute Gasteiger partial charge is 0.307 e. The Hall–Kier alpha value is -0.850. The predicted octanol–water partition coefficient (Wildman–Crippen LogP) is -0.144. The summed E-state index contributed by atoms with van der Waals surface area (Å²) in [5.74, 6) is -0.479. The minimum atomic E-state index is -0.749. The van der Waals surface area contributed by atoms with E-state index in [-0.39, 0.29) is 37.2 Å². The lowest BCUT2D eigenvalue weighted by Crippen LogP contribution is -2.54. The summed E-state index contributed by atoms with van der Waals surface area (Å²) in [6, 6.07) is 0. The molecule has 0 spiro atoms. The number of esters is 1. The molecule has 0 unspecified atom stereocenters. The van der Waals surface area contributed by atoms with E-state index in [4.69, 9.17) is 4.74 Å². The molecule has 1 fully saturated rings. The van der Waals surface area contributed by atoms with E-state index in [9.17, 15) is 9.59 Å². The first-order chi connectivity index (χ1) is 8.14. The number of carbonyl (C=O) groups excluding carboxylic acids is 2. The first-order valence-electron chi connectivity index (χ1n) is 5.75. The minimum Gasteiger partial charge on any atom is -0.469 e. The minimum absolute atomic E-state index is 0. The van der Waals surface area contributed by atoms with Gasteiger partial charge in [0.2, 0.25) is 0 Å². The van der Waals surface area contributed by atoms with E-state index in [1.807, 2.05) is 0 Å². The molecular weight excluding hydrogens is 260 g/mol. The second kappa shape index (κ2) is 8.29. The maximum Gasteiger partial charge on any atom is 0.307 e. The monoisotopic (exact) mass is 280 g/mol. The molecule has 0 bridgehead atoms. The number of methoxy groups -OCH3 is 2. The average molecular weight is 281 g/mol. The lowest BCUT2D eigenvalue weighted by atomic mass is 9.91. The highest BCUT2D eigenvalue weighted by Gasteiger charge is 2.39. The van der Waals surface area contributed by atoms with Gasteiger partial charge in [-0.25, -0.2) is 0 Å². The predicted molar refractivity (Wildman–Crippen MR) is 68.7 cm³/mol. The van der Waals surface area contributed by atoms with Gasteiger partial charge in [0.15, 0.2) is 0 Å². The SMILES string of the molecule is COC(=O)CCNC(=O)C1(OC)CCNCC1.Cl. The second-order valence-electron chi connectivity index (χ2n) is 4.03. The number of amides is 1. The van der Waals surface area contributed by atoms with E-state index < -0.39 is 5.60 Å². The molecule has 18 heavy (non-hydrogen) atoms. The molecule has 106 valence electrons. The number of ether oxygens (including phenoxy) is 2. The van der Waals surface area contributed by atoms with Gasteiger partial charge < -0.3 is 20.1 Å². The van der Waals surface area contributed by atoms with Gasteiger partial charge in [0.1, 0.15) is 5.60 Å². The van der Waals surface area contributed by atoms with Gasteiger partial charge in [-0.15, -0.1) is 12.4 Å². The Balaban J connectivity index is 0.00000289. The van der Waals surface area contributed by atoms with E-state index in [0.717, 1.165) is 13.1 Å². The highest BCUT2D eigenvalue weighted by Crippen LogP contribution is 2.22. The highest BCUT2D eigenvalue weighted by molar-refractivity contribution is 5.86. The van der Waals surface area contributed by atoms with E-state index in [0.29, 0.717) is 12.8 Å². The van der Waals surface area contributed by atoms with Crippen molar-refractivity contribution in [3.05, 3.63) is 0 Å². The quantitative estimate of drug-likeness (QED) is 0.686. The Morgan fingerprint density at radius 2 is 1.89 bits per heavy atom. The molecular formula is C11H21ClN2O4. The van der Waals surface area contributed by atoms with Crippen LogP contribution >= 0.6 is 12.4 Å². The molecule has 0 aromatic carbocycles. The van der Waals surface area contributed by atoms with Crippen LogP contribution in [0.3, 0.4) is 0 Å². The standard InChI is InChI=1S/C11H20N2O4.ClH/c1-16-9(14)3-6-13-10(15)11(17-2)4-7-12-8-5-11;/h12H,3-8H2,1-2H3,(H,13,15);1H. The van der Waals surface area contributed by atoms with Crippen molar-refractivity contribution in [2.75, 3.05) is 33.9 Å². The number of halogens is 1. The van der Waals surface area contributed by atoms with E-state index >= 15 is 0 Å². The average Bonchev–Trinajstić information content (AvgIpc) is 2.39. The summed E-state index contributed by atoms with van der Waals surface area (Å²) < 4.78 is 9.85. The normalized spacial score (nSPS) is 17.4. The van der Waals surface area contributed by atoms with Crippen molar-refractivity contribution in [1.82, 2.24) is 10.6 Å². The number of hydrogen-bond donors (Lipinski definition) is 2. The van der Waals surface area contributed by atoms with Gasteiger partial charge in [-0.3, -0.25) is 9.59 Å². The summed E-state index contributed by atoms with van der Waals surface area (Å²) in [6.45, 7) is 1.81. The van der Waals surface area contributed by atoms with E-state index in [1.165, 1.54) is 7.11 Å². The molecule has 1 aliphatic rings. The maximum atomic E-state index is 12.0. The summed E-state index contributed by atoms with van der Waals surface area (Å²) in [7, 11) is 2.87. The number of rotatable bonds is 5. The van der Waals surface area contributed by atoms with Crippen molar-refractivity contribution in [3.8, 4) is 0 Å². The van der Waals surface area contributed by atoms with Crippen molar-refractivity contribution >= 4 is 24.3 Å². The first kappa shape index (κ1) is 17.2. The maximum absolute atomic E-state index is 12.0. The van der Waals surface area contributed by atoms with Gasteiger partial charge >= 0.3 is 5.97 Å². The molecule has 1 heterocycles. The number of carbonyl (C=O) groups is 2. The summed E-state index contributed by atoms with van der Waals surface area (Å²) in [5.41, 5.74) is -0.749. The molecule has 0 aliphatic carbocycles. The lowest BCUT2D eigenvalue weighted by molar-refractivity contribution is -0.147. The molecule has 0 atom stereocenters. The Labute approximate surface area is 113 Å². The first-order valence-corrected chi connectivity index (χ1v) is 5.75. The van der Waals surface area contributed by atoms with Crippen molar-refractivity contribution in [3.63, 3.8) is 0 Å². The zero-order valence-corrected chi connectivity index (χ0v) is 11.6.